The third kappa shape index (κ3) is 6.98. The van der Waals surface area contributed by atoms with Crippen LogP contribution in [-0.4, -0.2) is 19.3 Å². The molecule has 0 spiro atoms. The first-order valence-electron chi connectivity index (χ1n) is 17.6. The maximum absolute atomic E-state index is 6.50. The number of benzene rings is 5. The molecule has 0 saturated carbocycles. The Hall–Kier alpha value is -5.25. The summed E-state index contributed by atoms with van der Waals surface area (Å²) in [4.78, 5) is 4.89. The summed E-state index contributed by atoms with van der Waals surface area (Å²) < 4.78 is 10.7. The number of pyridine rings is 1. The fourth-order valence-electron chi connectivity index (χ4n) is 6.93. The zero-order valence-electron chi connectivity index (χ0n) is 30.1. The molecule has 0 atom stereocenters. The van der Waals surface area contributed by atoms with E-state index in [9.17, 15) is 0 Å². The van der Waals surface area contributed by atoms with Crippen LogP contribution >= 0.6 is 0 Å². The molecule has 0 fully saturated rings. The summed E-state index contributed by atoms with van der Waals surface area (Å²) in [5.41, 5.74) is 11.0. The van der Waals surface area contributed by atoms with E-state index in [2.05, 4.69) is 135 Å². The topological polar surface area (TPSA) is 44.9 Å². The minimum Gasteiger partial charge on any atom is -0.509 e. The molecule has 8 rings (SSSR count). The number of rotatable bonds is 8. The third-order valence-electron chi connectivity index (χ3n) is 9.51. The summed E-state index contributed by atoms with van der Waals surface area (Å²) in [5, 5.41) is 7.12. The van der Waals surface area contributed by atoms with Crippen LogP contribution in [0.15, 0.2) is 128 Å². The van der Waals surface area contributed by atoms with E-state index in [4.69, 9.17) is 14.8 Å². The molecule has 0 saturated heterocycles. The van der Waals surface area contributed by atoms with Crippen molar-refractivity contribution in [3.63, 3.8) is 0 Å². The Morgan fingerprint density at radius 1 is 0.692 bits per heavy atom. The van der Waals surface area contributed by atoms with Gasteiger partial charge in [0.2, 0.25) is 0 Å². The molecule has 3 heterocycles. The average Bonchev–Trinajstić information content (AvgIpc) is 3.63. The van der Waals surface area contributed by atoms with E-state index in [0.717, 1.165) is 68.7 Å². The Labute approximate surface area is 320 Å². The maximum Gasteiger partial charge on any atom is 2.00 e. The fourth-order valence-corrected chi connectivity index (χ4v) is 6.93. The molecule has 0 aliphatic carbocycles. The second-order valence-corrected chi connectivity index (χ2v) is 14.4. The van der Waals surface area contributed by atoms with Gasteiger partial charge in [0.25, 0.3) is 0 Å². The largest absolute Gasteiger partial charge is 2.00 e. The molecule has 0 aliphatic rings. The van der Waals surface area contributed by atoms with Crippen LogP contribution in [0.5, 0.6) is 11.5 Å². The van der Waals surface area contributed by atoms with Crippen LogP contribution < -0.4 is 4.74 Å². The van der Waals surface area contributed by atoms with Crippen LogP contribution in [0.3, 0.4) is 0 Å². The van der Waals surface area contributed by atoms with Crippen molar-refractivity contribution in [2.75, 3.05) is 0 Å². The second-order valence-electron chi connectivity index (χ2n) is 14.4. The molecule has 0 N–H and O–H groups in total. The van der Waals surface area contributed by atoms with Gasteiger partial charge in [-0.2, -0.15) is 17.2 Å². The van der Waals surface area contributed by atoms with E-state index in [0.29, 0.717) is 11.5 Å². The van der Waals surface area contributed by atoms with E-state index < -0.39 is 0 Å². The van der Waals surface area contributed by atoms with Gasteiger partial charge in [0.05, 0.1) is 5.69 Å². The fraction of sp³-hybridized carbons (Fsp3) is 0.174. The molecule has 3 aromatic heterocycles. The molecule has 52 heavy (non-hydrogen) atoms. The SMILES string of the molecule is Cc1nn(-c2[c-]c(Oc3[c-]c4c(cc3)c3cc(-c5ccccc5)ccc3n4-c3cc(CCC(C)(C)C)ccn3)ccc2)c(C)c1-c1ccccc1.[Pt+2]. The molecule has 260 valence electrons. The van der Waals surface area contributed by atoms with Crippen molar-refractivity contribution in [2.45, 2.75) is 47.5 Å². The van der Waals surface area contributed by atoms with Gasteiger partial charge in [-0.15, -0.1) is 35.7 Å². The van der Waals surface area contributed by atoms with Gasteiger partial charge < -0.3 is 9.30 Å². The predicted octanol–water partition coefficient (Wildman–Crippen LogP) is 11.7. The number of aryl methyl sites for hydroxylation is 2. The summed E-state index contributed by atoms with van der Waals surface area (Å²) in [6.07, 6.45) is 4.00. The van der Waals surface area contributed by atoms with Gasteiger partial charge in [-0.05, 0) is 83.6 Å². The number of hydrogen-bond donors (Lipinski definition) is 0. The van der Waals surface area contributed by atoms with Crippen LogP contribution in [0, 0.1) is 31.4 Å². The van der Waals surface area contributed by atoms with Gasteiger partial charge in [0.1, 0.15) is 5.82 Å². The summed E-state index contributed by atoms with van der Waals surface area (Å²) >= 11 is 0. The standard InChI is InChI=1S/C46H40N4O.Pt/c1-31-45(35-15-10-7-11-16-35)32(2)50(48-31)37-17-12-18-38(29-37)51-39-20-21-40-41-28-36(34-13-8-6-9-14-34)19-22-42(41)49(43(40)30-39)44-27-33(24-26-47-44)23-25-46(3,4)5;/h6-22,24,26-28H,23,25H2,1-5H3;/q-2;+2. The minimum atomic E-state index is 0. The second kappa shape index (κ2) is 14.4. The van der Waals surface area contributed by atoms with Crippen molar-refractivity contribution in [3.05, 3.63) is 157 Å². The molecule has 0 aliphatic heterocycles. The van der Waals surface area contributed by atoms with Crippen molar-refractivity contribution >= 4 is 21.8 Å². The van der Waals surface area contributed by atoms with Gasteiger partial charge >= 0.3 is 21.1 Å². The summed E-state index contributed by atoms with van der Waals surface area (Å²) in [7, 11) is 0. The summed E-state index contributed by atoms with van der Waals surface area (Å²) in [6, 6.07) is 49.0. The van der Waals surface area contributed by atoms with Crippen LogP contribution in [0.25, 0.3) is 55.6 Å². The Morgan fingerprint density at radius 2 is 1.42 bits per heavy atom. The smallest absolute Gasteiger partial charge is 0.509 e. The van der Waals surface area contributed by atoms with E-state index in [-0.39, 0.29) is 26.5 Å². The number of nitrogens with zero attached hydrogens (tertiary/aromatic N) is 4. The number of aromatic nitrogens is 4. The van der Waals surface area contributed by atoms with Crippen molar-refractivity contribution in [1.82, 2.24) is 19.3 Å². The van der Waals surface area contributed by atoms with E-state index in [1.807, 2.05) is 48.1 Å². The maximum atomic E-state index is 6.50. The van der Waals surface area contributed by atoms with Crippen LogP contribution in [0.2, 0.25) is 0 Å². The summed E-state index contributed by atoms with van der Waals surface area (Å²) in [6.45, 7) is 11.0. The normalized spacial score (nSPS) is 11.6. The van der Waals surface area contributed by atoms with Crippen LogP contribution in [0.4, 0.5) is 0 Å². The third-order valence-corrected chi connectivity index (χ3v) is 9.51. The van der Waals surface area contributed by atoms with Gasteiger partial charge in [-0.25, -0.2) is 4.98 Å². The van der Waals surface area contributed by atoms with Crippen molar-refractivity contribution < 1.29 is 25.8 Å². The molecule has 8 aromatic rings. The average molecular weight is 860 g/mol. The number of fused-ring (bicyclic) bond motifs is 3. The van der Waals surface area contributed by atoms with Crippen molar-refractivity contribution in [2.24, 2.45) is 5.41 Å². The first-order chi connectivity index (χ1) is 24.7. The van der Waals surface area contributed by atoms with E-state index in [1.165, 1.54) is 16.7 Å². The molecule has 0 unspecified atom stereocenters. The van der Waals surface area contributed by atoms with Crippen molar-refractivity contribution in [3.8, 4) is 45.3 Å². The van der Waals surface area contributed by atoms with Gasteiger partial charge in [0, 0.05) is 34.5 Å². The Kier molecular flexibility index (Phi) is 9.74. The molecule has 0 radical (unpaired) electrons. The Balaban J connectivity index is 0.00000420. The monoisotopic (exact) mass is 859 g/mol. The van der Waals surface area contributed by atoms with Crippen LogP contribution in [-0.2, 0) is 27.5 Å². The minimum absolute atomic E-state index is 0. The number of ether oxygens (including phenoxy) is 1. The van der Waals surface area contributed by atoms with Gasteiger partial charge in [-0.1, -0.05) is 99.1 Å². The van der Waals surface area contributed by atoms with E-state index >= 15 is 0 Å². The molecule has 0 amide bonds. The van der Waals surface area contributed by atoms with Crippen molar-refractivity contribution in [1.29, 1.82) is 0 Å². The molecule has 0 bridgehead atoms. The molecule has 5 aromatic carbocycles. The number of hydrogen-bond acceptors (Lipinski definition) is 3. The Bertz CT molecular complexity index is 2510. The molecular formula is C46H40N4OPt. The zero-order chi connectivity index (χ0) is 35.1. The molecule has 6 heteroatoms. The Morgan fingerprint density at radius 3 is 2.17 bits per heavy atom. The van der Waals surface area contributed by atoms with Crippen LogP contribution in [0.1, 0.15) is 44.1 Å². The van der Waals surface area contributed by atoms with Gasteiger partial charge in [0.15, 0.2) is 0 Å². The summed E-state index contributed by atoms with van der Waals surface area (Å²) in [5.74, 6) is 2.06. The van der Waals surface area contributed by atoms with Gasteiger partial charge in [-0.3, -0.25) is 4.68 Å². The first kappa shape index (κ1) is 35.2. The quantitative estimate of drug-likeness (QED) is 0.143. The molecular weight excluding hydrogens is 820 g/mol. The molecule has 5 nitrogen and oxygen atoms in total. The predicted molar refractivity (Wildman–Crippen MR) is 208 cm³/mol. The van der Waals surface area contributed by atoms with E-state index in [1.54, 1.807) is 0 Å². The first-order valence-corrected chi connectivity index (χ1v) is 17.6. The zero-order valence-corrected chi connectivity index (χ0v) is 32.3.